The maximum absolute atomic E-state index is 12.8. The average molecular weight is 274 g/mol. The monoisotopic (exact) mass is 274 g/mol. The molecule has 5 heteroatoms. The number of nitrogens with zero attached hydrogens (tertiary/aromatic N) is 4. The number of hydrogen-bond acceptors (Lipinski definition) is 4. The van der Waals surface area contributed by atoms with Gasteiger partial charge in [-0.05, 0) is 11.5 Å². The van der Waals surface area contributed by atoms with Crippen molar-refractivity contribution in [1.82, 2.24) is 19.6 Å². The van der Waals surface area contributed by atoms with E-state index in [0.717, 1.165) is 10.8 Å². The molecule has 0 atom stereocenters. The minimum absolute atomic E-state index is 0.0726. The maximum atomic E-state index is 12.8. The molecular weight excluding hydrogens is 264 g/mol. The third kappa shape index (κ3) is 1.79. The molecule has 21 heavy (non-hydrogen) atoms. The lowest BCUT2D eigenvalue weighted by atomic mass is 9.99. The lowest BCUT2D eigenvalue weighted by Gasteiger charge is -2.04. The maximum Gasteiger partial charge on any atom is 0.197 e. The topological polar surface area (TPSA) is 60.2 Å². The number of carbonyl (C=O) groups is 1. The molecule has 0 saturated carbocycles. The Morgan fingerprint density at radius 3 is 2.81 bits per heavy atom. The van der Waals surface area contributed by atoms with Crippen molar-refractivity contribution in [2.24, 2.45) is 0 Å². The number of carbonyl (C=O) groups excluding carboxylic acids is 1. The second-order valence-electron chi connectivity index (χ2n) is 4.70. The molecule has 4 rings (SSSR count). The van der Waals surface area contributed by atoms with Crippen LogP contribution in [-0.4, -0.2) is 25.4 Å². The highest BCUT2D eigenvalue weighted by atomic mass is 16.1. The van der Waals surface area contributed by atoms with Crippen LogP contribution < -0.4 is 0 Å². The predicted molar refractivity (Wildman–Crippen MR) is 78.2 cm³/mol. The van der Waals surface area contributed by atoms with Gasteiger partial charge in [0.2, 0.25) is 0 Å². The molecule has 0 aliphatic rings. The van der Waals surface area contributed by atoms with Gasteiger partial charge in [0, 0.05) is 35.7 Å². The third-order valence-electron chi connectivity index (χ3n) is 3.50. The quantitative estimate of drug-likeness (QED) is 0.527. The summed E-state index contributed by atoms with van der Waals surface area (Å²) in [5, 5.41) is 6.02. The van der Waals surface area contributed by atoms with Crippen LogP contribution in [0, 0.1) is 0 Å². The number of ketones is 1. The second kappa shape index (κ2) is 4.49. The summed E-state index contributed by atoms with van der Waals surface area (Å²) in [4.78, 5) is 21.0. The summed E-state index contributed by atoms with van der Waals surface area (Å²) in [6.07, 6.45) is 10.0. The number of aromatic nitrogens is 4. The molecule has 0 amide bonds. The van der Waals surface area contributed by atoms with Crippen molar-refractivity contribution in [2.45, 2.75) is 0 Å². The lowest BCUT2D eigenvalue weighted by molar-refractivity contribution is 0.104. The zero-order valence-electron chi connectivity index (χ0n) is 11.0. The van der Waals surface area contributed by atoms with Gasteiger partial charge in [-0.15, -0.1) is 0 Å². The van der Waals surface area contributed by atoms with Crippen LogP contribution in [0.2, 0.25) is 0 Å². The Kier molecular flexibility index (Phi) is 2.50. The average Bonchev–Trinajstić information content (AvgIpc) is 2.98. The van der Waals surface area contributed by atoms with Crippen LogP contribution in [0.4, 0.5) is 0 Å². The first-order valence-corrected chi connectivity index (χ1v) is 6.49. The predicted octanol–water partition coefficient (Wildman–Crippen LogP) is 2.51. The minimum atomic E-state index is -0.0726. The number of pyridine rings is 1. The molecule has 0 unspecified atom stereocenters. The summed E-state index contributed by atoms with van der Waals surface area (Å²) in [6.45, 7) is 0. The van der Waals surface area contributed by atoms with E-state index in [1.54, 1.807) is 41.7 Å². The molecule has 3 aromatic heterocycles. The van der Waals surface area contributed by atoms with Crippen molar-refractivity contribution in [3.63, 3.8) is 0 Å². The molecule has 4 aromatic rings. The van der Waals surface area contributed by atoms with E-state index in [4.69, 9.17) is 0 Å². The molecule has 3 heterocycles. The van der Waals surface area contributed by atoms with Crippen molar-refractivity contribution in [2.75, 3.05) is 0 Å². The van der Waals surface area contributed by atoms with E-state index < -0.39 is 0 Å². The molecule has 1 aromatic carbocycles. The first-order valence-electron chi connectivity index (χ1n) is 6.49. The van der Waals surface area contributed by atoms with E-state index in [1.807, 2.05) is 24.3 Å². The Morgan fingerprint density at radius 1 is 0.952 bits per heavy atom. The molecule has 0 aliphatic heterocycles. The van der Waals surface area contributed by atoms with Crippen LogP contribution in [-0.2, 0) is 0 Å². The van der Waals surface area contributed by atoms with Crippen LogP contribution >= 0.6 is 0 Å². The highest BCUT2D eigenvalue weighted by Crippen LogP contribution is 2.22. The summed E-state index contributed by atoms with van der Waals surface area (Å²) in [6, 6.07) is 7.54. The Labute approximate surface area is 119 Å². The first kappa shape index (κ1) is 11.7. The van der Waals surface area contributed by atoms with Crippen molar-refractivity contribution in [3.05, 3.63) is 72.6 Å². The Bertz CT molecular complexity index is 969. The number of rotatable bonds is 2. The van der Waals surface area contributed by atoms with E-state index in [9.17, 15) is 4.79 Å². The minimum Gasteiger partial charge on any atom is -0.288 e. The largest absolute Gasteiger partial charge is 0.288 e. The second-order valence-corrected chi connectivity index (χ2v) is 4.70. The fraction of sp³-hybridized carbons (Fsp3) is 0. The summed E-state index contributed by atoms with van der Waals surface area (Å²) in [5.41, 5.74) is 1.86. The van der Waals surface area contributed by atoms with Crippen molar-refractivity contribution < 1.29 is 4.79 Å². The molecule has 0 radical (unpaired) electrons. The molecule has 0 saturated heterocycles. The molecule has 0 aliphatic carbocycles. The van der Waals surface area contributed by atoms with Gasteiger partial charge < -0.3 is 0 Å². The standard InChI is InChI=1S/C16H10N4O/c21-16(14-9-19-20-7-6-18-10-15(14)20)12-3-1-2-11-4-5-17-8-13(11)12/h1-10H. The molecule has 0 bridgehead atoms. The van der Waals surface area contributed by atoms with Gasteiger partial charge in [-0.3, -0.25) is 14.8 Å². The fourth-order valence-corrected chi connectivity index (χ4v) is 2.47. The summed E-state index contributed by atoms with van der Waals surface area (Å²) >= 11 is 0. The van der Waals surface area contributed by atoms with Crippen LogP contribution in [0.25, 0.3) is 16.3 Å². The van der Waals surface area contributed by atoms with E-state index in [2.05, 4.69) is 15.1 Å². The van der Waals surface area contributed by atoms with Gasteiger partial charge in [-0.2, -0.15) is 5.10 Å². The van der Waals surface area contributed by atoms with Gasteiger partial charge in [0.1, 0.15) is 0 Å². The molecule has 0 N–H and O–H groups in total. The highest BCUT2D eigenvalue weighted by molar-refractivity contribution is 6.18. The van der Waals surface area contributed by atoms with Crippen molar-refractivity contribution >= 4 is 22.1 Å². The Morgan fingerprint density at radius 2 is 1.86 bits per heavy atom. The smallest absolute Gasteiger partial charge is 0.197 e. The van der Waals surface area contributed by atoms with Crippen LogP contribution in [0.5, 0.6) is 0 Å². The van der Waals surface area contributed by atoms with Gasteiger partial charge >= 0.3 is 0 Å². The van der Waals surface area contributed by atoms with E-state index in [0.29, 0.717) is 16.6 Å². The first-order chi connectivity index (χ1) is 10.3. The lowest BCUT2D eigenvalue weighted by Crippen LogP contribution is -2.02. The summed E-state index contributed by atoms with van der Waals surface area (Å²) in [7, 11) is 0. The van der Waals surface area contributed by atoms with Gasteiger partial charge in [0.25, 0.3) is 0 Å². The number of benzene rings is 1. The SMILES string of the molecule is O=C(c1cccc2ccncc12)c1cnn2ccncc12. The molecule has 100 valence electrons. The van der Waals surface area contributed by atoms with Crippen molar-refractivity contribution in [1.29, 1.82) is 0 Å². The zero-order chi connectivity index (χ0) is 14.2. The zero-order valence-corrected chi connectivity index (χ0v) is 11.0. The third-order valence-corrected chi connectivity index (χ3v) is 3.50. The fourth-order valence-electron chi connectivity index (χ4n) is 2.47. The van der Waals surface area contributed by atoms with Gasteiger partial charge in [0.15, 0.2) is 5.78 Å². The Hall–Kier alpha value is -3.08. The summed E-state index contributed by atoms with van der Waals surface area (Å²) in [5.74, 6) is -0.0726. The summed E-state index contributed by atoms with van der Waals surface area (Å²) < 4.78 is 1.64. The number of hydrogen-bond donors (Lipinski definition) is 0. The van der Waals surface area contributed by atoms with Crippen LogP contribution in [0.3, 0.4) is 0 Å². The molecule has 5 nitrogen and oxygen atoms in total. The van der Waals surface area contributed by atoms with Crippen LogP contribution in [0.1, 0.15) is 15.9 Å². The number of fused-ring (bicyclic) bond motifs is 2. The van der Waals surface area contributed by atoms with Gasteiger partial charge in [-0.1, -0.05) is 18.2 Å². The molecular formula is C16H10N4O. The molecule has 0 spiro atoms. The van der Waals surface area contributed by atoms with E-state index >= 15 is 0 Å². The Balaban J connectivity index is 1.95. The highest BCUT2D eigenvalue weighted by Gasteiger charge is 2.17. The van der Waals surface area contributed by atoms with Gasteiger partial charge in [0.05, 0.1) is 23.5 Å². The van der Waals surface area contributed by atoms with E-state index in [-0.39, 0.29) is 5.78 Å². The molecule has 0 fully saturated rings. The van der Waals surface area contributed by atoms with E-state index in [1.165, 1.54) is 0 Å². The van der Waals surface area contributed by atoms with Crippen molar-refractivity contribution in [3.8, 4) is 0 Å². The van der Waals surface area contributed by atoms with Crippen LogP contribution in [0.15, 0.2) is 61.4 Å². The normalized spacial score (nSPS) is 11.0. The van der Waals surface area contributed by atoms with Gasteiger partial charge in [-0.25, -0.2) is 4.52 Å².